The van der Waals surface area contributed by atoms with E-state index >= 15 is 0 Å². The fourth-order valence-corrected chi connectivity index (χ4v) is 1.61. The molecule has 2 aromatic rings. The molecule has 1 amide bonds. The van der Waals surface area contributed by atoms with Gasteiger partial charge in [-0.25, -0.2) is 9.48 Å². The van der Waals surface area contributed by atoms with Crippen molar-refractivity contribution in [2.75, 3.05) is 6.54 Å². The summed E-state index contributed by atoms with van der Waals surface area (Å²) in [6.07, 6.45) is -0.100. The number of carbonyl (C=O) groups excluding carboxylic acids is 1. The predicted molar refractivity (Wildman–Crippen MR) is 72.0 cm³/mol. The highest BCUT2D eigenvalue weighted by Gasteiger charge is 2.15. The predicted octanol–water partition coefficient (Wildman–Crippen LogP) is -0.167. The molecule has 3 N–H and O–H groups in total. The quantitative estimate of drug-likeness (QED) is 0.680. The first-order valence-corrected chi connectivity index (χ1v) is 6.25. The Labute approximate surface area is 120 Å². The number of hydrogen-bond acceptors (Lipinski definition) is 5. The van der Waals surface area contributed by atoms with Gasteiger partial charge in [-0.2, -0.15) is 0 Å². The molecule has 0 radical (unpaired) electrons. The molecule has 1 heterocycles. The molecule has 0 saturated carbocycles. The molecule has 1 atom stereocenters. The second kappa shape index (κ2) is 6.62. The van der Waals surface area contributed by atoms with E-state index in [1.165, 1.54) is 10.9 Å². The van der Waals surface area contributed by atoms with Crippen molar-refractivity contribution in [2.24, 2.45) is 0 Å². The zero-order valence-corrected chi connectivity index (χ0v) is 11.0. The molecule has 0 bridgehead atoms. The molecular formula is C13H14N4O4. The first kappa shape index (κ1) is 14.7. The van der Waals surface area contributed by atoms with Gasteiger partial charge in [0, 0.05) is 13.0 Å². The minimum absolute atomic E-state index is 0.0322. The highest BCUT2D eigenvalue weighted by molar-refractivity contribution is 5.91. The molecule has 0 spiro atoms. The van der Waals surface area contributed by atoms with Gasteiger partial charge in [0.2, 0.25) is 0 Å². The number of hydrogen-bond donors (Lipinski definition) is 3. The lowest BCUT2D eigenvalue weighted by Gasteiger charge is -2.05. The van der Waals surface area contributed by atoms with Crippen molar-refractivity contribution >= 4 is 11.9 Å². The van der Waals surface area contributed by atoms with Crippen molar-refractivity contribution in [3.05, 3.63) is 42.2 Å². The molecule has 0 aliphatic heterocycles. The molecule has 0 saturated heterocycles. The number of para-hydroxylation sites is 1. The van der Waals surface area contributed by atoms with Gasteiger partial charge in [0.15, 0.2) is 11.8 Å². The summed E-state index contributed by atoms with van der Waals surface area (Å²) in [5.41, 5.74) is 0.883. The van der Waals surface area contributed by atoms with Crippen molar-refractivity contribution in [3.63, 3.8) is 0 Å². The number of aliphatic carboxylic acids is 1. The summed E-state index contributed by atoms with van der Waals surface area (Å²) < 4.78 is 1.46. The lowest BCUT2D eigenvalue weighted by Crippen LogP contribution is -2.30. The Bertz CT molecular complexity index is 626. The molecule has 0 aliphatic rings. The lowest BCUT2D eigenvalue weighted by atomic mass is 10.2. The number of carboxylic acid groups (broad SMARTS) is 1. The molecule has 21 heavy (non-hydrogen) atoms. The summed E-state index contributed by atoms with van der Waals surface area (Å²) in [7, 11) is 0. The highest BCUT2D eigenvalue weighted by atomic mass is 16.4. The smallest absolute Gasteiger partial charge is 0.332 e. The Balaban J connectivity index is 1.92. The first-order valence-electron chi connectivity index (χ1n) is 6.25. The van der Waals surface area contributed by atoms with Crippen LogP contribution in [0, 0.1) is 0 Å². The molecule has 8 nitrogen and oxygen atoms in total. The molecular weight excluding hydrogens is 276 g/mol. The Morgan fingerprint density at radius 2 is 2.00 bits per heavy atom. The highest BCUT2D eigenvalue weighted by Crippen LogP contribution is 2.05. The van der Waals surface area contributed by atoms with E-state index in [2.05, 4.69) is 15.6 Å². The van der Waals surface area contributed by atoms with Crippen LogP contribution in [0.25, 0.3) is 5.69 Å². The zero-order valence-electron chi connectivity index (χ0n) is 11.0. The largest absolute Gasteiger partial charge is 0.479 e. The van der Waals surface area contributed by atoms with Crippen LogP contribution >= 0.6 is 0 Å². The number of rotatable bonds is 6. The van der Waals surface area contributed by atoms with E-state index in [0.717, 1.165) is 5.69 Å². The molecule has 110 valence electrons. The van der Waals surface area contributed by atoms with Crippen LogP contribution in [-0.4, -0.2) is 49.7 Å². The summed E-state index contributed by atoms with van der Waals surface area (Å²) in [6.45, 7) is 0.0322. The van der Waals surface area contributed by atoms with Gasteiger partial charge in [-0.05, 0) is 12.1 Å². The number of carbonyl (C=O) groups is 2. The van der Waals surface area contributed by atoms with Crippen LogP contribution in [0.5, 0.6) is 0 Å². The van der Waals surface area contributed by atoms with E-state index < -0.39 is 18.0 Å². The summed E-state index contributed by atoms with van der Waals surface area (Å²) in [5.74, 6) is -1.80. The first-order chi connectivity index (χ1) is 10.1. The maximum absolute atomic E-state index is 11.8. The van der Waals surface area contributed by atoms with E-state index in [1.807, 2.05) is 30.3 Å². The Morgan fingerprint density at radius 1 is 1.29 bits per heavy atom. The van der Waals surface area contributed by atoms with E-state index in [1.54, 1.807) is 0 Å². The van der Waals surface area contributed by atoms with E-state index in [-0.39, 0.29) is 18.7 Å². The monoisotopic (exact) mass is 290 g/mol. The van der Waals surface area contributed by atoms with Crippen LogP contribution in [0.15, 0.2) is 36.5 Å². The van der Waals surface area contributed by atoms with Crippen molar-refractivity contribution < 1.29 is 19.8 Å². The number of aliphatic hydroxyl groups is 1. The van der Waals surface area contributed by atoms with Crippen LogP contribution in [0.4, 0.5) is 0 Å². The number of nitrogens with one attached hydrogen (secondary N) is 1. The van der Waals surface area contributed by atoms with Crippen LogP contribution < -0.4 is 5.32 Å². The van der Waals surface area contributed by atoms with Gasteiger partial charge in [0.25, 0.3) is 5.91 Å². The summed E-state index contributed by atoms with van der Waals surface area (Å²) in [5, 5.41) is 27.6. The van der Waals surface area contributed by atoms with Crippen molar-refractivity contribution in [1.29, 1.82) is 0 Å². The molecule has 0 aliphatic carbocycles. The maximum atomic E-state index is 11.8. The summed E-state index contributed by atoms with van der Waals surface area (Å²) >= 11 is 0. The second-order valence-electron chi connectivity index (χ2n) is 4.28. The Morgan fingerprint density at radius 3 is 2.67 bits per heavy atom. The molecule has 2 rings (SSSR count). The molecule has 0 fully saturated rings. The third kappa shape index (κ3) is 3.86. The number of amides is 1. The Kier molecular flexibility index (Phi) is 4.62. The van der Waals surface area contributed by atoms with Crippen LogP contribution in [0.1, 0.15) is 16.9 Å². The summed E-state index contributed by atoms with van der Waals surface area (Å²) in [6, 6.07) is 9.18. The fourth-order valence-electron chi connectivity index (χ4n) is 1.61. The molecule has 1 aromatic heterocycles. The molecule has 8 heteroatoms. The van der Waals surface area contributed by atoms with Gasteiger partial charge in [0.05, 0.1) is 11.9 Å². The van der Waals surface area contributed by atoms with Crippen LogP contribution in [0.3, 0.4) is 0 Å². The molecule has 1 unspecified atom stereocenters. The number of carboxylic acids is 1. The number of nitrogens with zero attached hydrogens (tertiary/aromatic N) is 3. The van der Waals surface area contributed by atoms with Crippen LogP contribution in [-0.2, 0) is 4.79 Å². The second-order valence-corrected chi connectivity index (χ2v) is 4.28. The zero-order chi connectivity index (χ0) is 15.2. The lowest BCUT2D eigenvalue weighted by molar-refractivity contribution is -0.146. The van der Waals surface area contributed by atoms with Gasteiger partial charge in [-0.3, -0.25) is 4.79 Å². The van der Waals surface area contributed by atoms with Crippen molar-refractivity contribution in [3.8, 4) is 5.69 Å². The average Bonchev–Trinajstić information content (AvgIpc) is 2.97. The van der Waals surface area contributed by atoms with Gasteiger partial charge in [0.1, 0.15) is 0 Å². The minimum Gasteiger partial charge on any atom is -0.479 e. The van der Waals surface area contributed by atoms with E-state index in [0.29, 0.717) is 0 Å². The maximum Gasteiger partial charge on any atom is 0.332 e. The van der Waals surface area contributed by atoms with E-state index in [4.69, 9.17) is 10.2 Å². The van der Waals surface area contributed by atoms with E-state index in [9.17, 15) is 9.59 Å². The SMILES string of the molecule is O=C(NCCC(O)C(=O)O)c1cn(-c2ccccc2)nn1. The summed E-state index contributed by atoms with van der Waals surface area (Å²) in [4.78, 5) is 22.2. The number of benzene rings is 1. The standard InChI is InChI=1S/C13H14N4O4/c18-11(13(20)21)6-7-14-12(19)10-8-17(16-15-10)9-4-2-1-3-5-9/h1-5,8,11,18H,6-7H2,(H,14,19)(H,20,21). The van der Waals surface area contributed by atoms with Crippen molar-refractivity contribution in [1.82, 2.24) is 20.3 Å². The van der Waals surface area contributed by atoms with Crippen molar-refractivity contribution in [2.45, 2.75) is 12.5 Å². The van der Waals surface area contributed by atoms with Gasteiger partial charge < -0.3 is 15.5 Å². The number of aliphatic hydroxyl groups excluding tert-OH is 1. The third-order valence-corrected chi connectivity index (χ3v) is 2.74. The van der Waals surface area contributed by atoms with Gasteiger partial charge in [-0.15, -0.1) is 5.10 Å². The number of aromatic nitrogens is 3. The normalized spacial score (nSPS) is 11.9. The van der Waals surface area contributed by atoms with Crippen LogP contribution in [0.2, 0.25) is 0 Å². The minimum atomic E-state index is -1.50. The average molecular weight is 290 g/mol. The fraction of sp³-hybridized carbons (Fsp3) is 0.231. The topological polar surface area (TPSA) is 117 Å². The Hall–Kier alpha value is -2.74. The van der Waals surface area contributed by atoms with Gasteiger partial charge >= 0.3 is 5.97 Å². The van der Waals surface area contributed by atoms with Gasteiger partial charge in [-0.1, -0.05) is 23.4 Å². The molecule has 1 aromatic carbocycles. The third-order valence-electron chi connectivity index (χ3n) is 2.74.